The fraction of sp³-hybridized carbons (Fsp3) is 0.533. The maximum Gasteiger partial charge on any atom is 0.101 e. The number of hydrogen-bond acceptors (Lipinski definition) is 3. The monoisotopic (exact) mass is 246 g/mol. The number of aryl methyl sites for hydroxylation is 1. The van der Waals surface area contributed by atoms with E-state index in [0.717, 1.165) is 24.1 Å². The summed E-state index contributed by atoms with van der Waals surface area (Å²) >= 11 is 0. The molecular weight excluding hydrogens is 224 g/mol. The molecule has 1 aromatic rings. The zero-order chi connectivity index (χ0) is 13.6. The van der Waals surface area contributed by atoms with Crippen molar-refractivity contribution in [3.63, 3.8) is 0 Å². The largest absolute Gasteiger partial charge is 0.396 e. The van der Waals surface area contributed by atoms with Gasteiger partial charge in [0.1, 0.15) is 6.07 Å². The Balaban J connectivity index is 2.83. The van der Waals surface area contributed by atoms with Crippen molar-refractivity contribution in [2.75, 3.05) is 18.5 Å². The third-order valence-electron chi connectivity index (χ3n) is 3.78. The number of hydrogen-bond donors (Lipinski definition) is 2. The summed E-state index contributed by atoms with van der Waals surface area (Å²) in [6.07, 6.45) is 1.83. The number of nitrogens with zero attached hydrogens (tertiary/aromatic N) is 1. The summed E-state index contributed by atoms with van der Waals surface area (Å²) in [6, 6.07) is 8.00. The summed E-state index contributed by atoms with van der Waals surface area (Å²) in [6.45, 7) is 7.00. The van der Waals surface area contributed by atoms with Crippen LogP contribution in [0.25, 0.3) is 0 Å². The van der Waals surface area contributed by atoms with E-state index in [-0.39, 0.29) is 12.0 Å². The topological polar surface area (TPSA) is 56.0 Å². The van der Waals surface area contributed by atoms with Crippen LogP contribution in [-0.4, -0.2) is 18.3 Å². The second-order valence-electron chi connectivity index (χ2n) is 4.88. The van der Waals surface area contributed by atoms with Crippen LogP contribution >= 0.6 is 0 Å². The average molecular weight is 246 g/mol. The lowest BCUT2D eigenvalue weighted by molar-refractivity contribution is 0.127. The number of benzene rings is 1. The molecule has 98 valence electrons. The molecule has 0 saturated heterocycles. The Morgan fingerprint density at radius 1 is 1.33 bits per heavy atom. The van der Waals surface area contributed by atoms with Gasteiger partial charge >= 0.3 is 0 Å². The number of anilines is 1. The van der Waals surface area contributed by atoms with Gasteiger partial charge in [-0.2, -0.15) is 5.26 Å². The summed E-state index contributed by atoms with van der Waals surface area (Å²) in [7, 11) is 0. The van der Waals surface area contributed by atoms with Gasteiger partial charge < -0.3 is 10.4 Å². The second-order valence-corrected chi connectivity index (χ2v) is 4.88. The Kier molecular flexibility index (Phi) is 5.18. The standard InChI is InChI=1S/C15H22N2O/c1-4-15(5-2,11-18)10-17-14-7-6-12(3)8-13(14)9-16/h6-8,17-18H,4-5,10-11H2,1-3H3. The second kappa shape index (κ2) is 6.42. The number of nitriles is 1. The van der Waals surface area contributed by atoms with Crippen molar-refractivity contribution in [2.45, 2.75) is 33.6 Å². The van der Waals surface area contributed by atoms with Gasteiger partial charge in [0.2, 0.25) is 0 Å². The summed E-state index contributed by atoms with van der Waals surface area (Å²) in [4.78, 5) is 0. The molecule has 0 radical (unpaired) electrons. The van der Waals surface area contributed by atoms with E-state index in [9.17, 15) is 5.11 Å². The number of rotatable bonds is 6. The Morgan fingerprint density at radius 3 is 2.50 bits per heavy atom. The maximum atomic E-state index is 9.52. The third kappa shape index (κ3) is 3.24. The van der Waals surface area contributed by atoms with Gasteiger partial charge in [0, 0.05) is 12.0 Å². The zero-order valence-electron chi connectivity index (χ0n) is 11.5. The molecule has 0 aliphatic heterocycles. The molecular formula is C15H22N2O. The molecule has 3 nitrogen and oxygen atoms in total. The van der Waals surface area contributed by atoms with Crippen molar-refractivity contribution in [3.05, 3.63) is 29.3 Å². The van der Waals surface area contributed by atoms with Crippen LogP contribution in [0.2, 0.25) is 0 Å². The summed E-state index contributed by atoms with van der Waals surface area (Å²) in [5.74, 6) is 0. The van der Waals surface area contributed by atoms with Crippen molar-refractivity contribution in [2.24, 2.45) is 5.41 Å². The van der Waals surface area contributed by atoms with Crippen LogP contribution in [0, 0.1) is 23.7 Å². The highest BCUT2D eigenvalue weighted by Crippen LogP contribution is 2.27. The van der Waals surface area contributed by atoms with E-state index in [1.807, 2.05) is 25.1 Å². The smallest absolute Gasteiger partial charge is 0.101 e. The van der Waals surface area contributed by atoms with Crippen molar-refractivity contribution in [1.29, 1.82) is 5.26 Å². The Morgan fingerprint density at radius 2 is 2.00 bits per heavy atom. The summed E-state index contributed by atoms with van der Waals surface area (Å²) in [5.41, 5.74) is 2.49. The van der Waals surface area contributed by atoms with Crippen LogP contribution in [0.1, 0.15) is 37.8 Å². The van der Waals surface area contributed by atoms with Gasteiger partial charge in [-0.25, -0.2) is 0 Å². The predicted molar refractivity (Wildman–Crippen MR) is 74.5 cm³/mol. The number of nitrogens with one attached hydrogen (secondary N) is 1. The molecule has 0 aromatic heterocycles. The quantitative estimate of drug-likeness (QED) is 0.811. The first-order valence-corrected chi connectivity index (χ1v) is 6.46. The highest BCUT2D eigenvalue weighted by Gasteiger charge is 2.25. The minimum atomic E-state index is -0.0996. The molecule has 0 aliphatic carbocycles. The molecule has 18 heavy (non-hydrogen) atoms. The molecule has 0 heterocycles. The molecule has 3 heteroatoms. The normalized spacial score (nSPS) is 11.1. The summed E-state index contributed by atoms with van der Waals surface area (Å²) < 4.78 is 0. The average Bonchev–Trinajstić information content (AvgIpc) is 2.42. The SMILES string of the molecule is CCC(CC)(CO)CNc1ccc(C)cc1C#N. The van der Waals surface area contributed by atoms with Gasteiger partial charge in [0.15, 0.2) is 0 Å². The molecule has 0 bridgehead atoms. The van der Waals surface area contributed by atoms with E-state index in [2.05, 4.69) is 25.2 Å². The van der Waals surface area contributed by atoms with Crippen LogP contribution in [0.4, 0.5) is 5.69 Å². The molecule has 1 aromatic carbocycles. The molecule has 0 amide bonds. The molecule has 2 N–H and O–H groups in total. The van der Waals surface area contributed by atoms with E-state index in [1.54, 1.807) is 0 Å². The predicted octanol–water partition coefficient (Wildman–Crippen LogP) is 3.08. The number of aliphatic hydroxyl groups is 1. The molecule has 0 aliphatic rings. The molecule has 1 rings (SSSR count). The lowest BCUT2D eigenvalue weighted by Crippen LogP contribution is -2.32. The lowest BCUT2D eigenvalue weighted by Gasteiger charge is -2.30. The van der Waals surface area contributed by atoms with Crippen LogP contribution in [-0.2, 0) is 0 Å². The Bertz CT molecular complexity index is 422. The minimum Gasteiger partial charge on any atom is -0.396 e. The third-order valence-corrected chi connectivity index (χ3v) is 3.78. The van der Waals surface area contributed by atoms with Crippen LogP contribution in [0.3, 0.4) is 0 Å². The van der Waals surface area contributed by atoms with E-state index < -0.39 is 0 Å². The Labute approximate surface area is 109 Å². The van der Waals surface area contributed by atoms with E-state index in [1.165, 1.54) is 0 Å². The molecule has 0 saturated carbocycles. The minimum absolute atomic E-state index is 0.0996. The van der Waals surface area contributed by atoms with Crippen molar-refractivity contribution >= 4 is 5.69 Å². The highest BCUT2D eigenvalue weighted by atomic mass is 16.3. The van der Waals surface area contributed by atoms with Crippen molar-refractivity contribution in [3.8, 4) is 6.07 Å². The van der Waals surface area contributed by atoms with Gasteiger partial charge in [-0.1, -0.05) is 19.9 Å². The van der Waals surface area contributed by atoms with Crippen LogP contribution < -0.4 is 5.32 Å². The first-order chi connectivity index (χ1) is 8.60. The number of aliphatic hydroxyl groups excluding tert-OH is 1. The fourth-order valence-electron chi connectivity index (χ4n) is 1.97. The van der Waals surface area contributed by atoms with Gasteiger partial charge in [-0.15, -0.1) is 0 Å². The van der Waals surface area contributed by atoms with E-state index in [0.29, 0.717) is 12.1 Å². The molecule has 0 fully saturated rings. The first-order valence-electron chi connectivity index (χ1n) is 6.46. The van der Waals surface area contributed by atoms with Crippen LogP contribution in [0.15, 0.2) is 18.2 Å². The van der Waals surface area contributed by atoms with Crippen molar-refractivity contribution < 1.29 is 5.11 Å². The molecule has 0 atom stereocenters. The first kappa shape index (κ1) is 14.5. The van der Waals surface area contributed by atoms with Crippen LogP contribution in [0.5, 0.6) is 0 Å². The summed E-state index contributed by atoms with van der Waals surface area (Å²) in [5, 5.41) is 21.9. The van der Waals surface area contributed by atoms with Gasteiger partial charge in [-0.3, -0.25) is 0 Å². The van der Waals surface area contributed by atoms with Gasteiger partial charge in [-0.05, 0) is 37.5 Å². The van der Waals surface area contributed by atoms with Crippen molar-refractivity contribution in [1.82, 2.24) is 0 Å². The lowest BCUT2D eigenvalue weighted by atomic mass is 9.83. The Hall–Kier alpha value is -1.53. The van der Waals surface area contributed by atoms with Gasteiger partial charge in [0.25, 0.3) is 0 Å². The van der Waals surface area contributed by atoms with E-state index in [4.69, 9.17) is 5.26 Å². The maximum absolute atomic E-state index is 9.52. The molecule has 0 unspecified atom stereocenters. The fourth-order valence-corrected chi connectivity index (χ4v) is 1.97. The van der Waals surface area contributed by atoms with E-state index >= 15 is 0 Å². The zero-order valence-corrected chi connectivity index (χ0v) is 11.5. The molecule has 0 spiro atoms. The highest BCUT2D eigenvalue weighted by molar-refractivity contribution is 5.58. The van der Waals surface area contributed by atoms with Gasteiger partial charge in [0.05, 0.1) is 17.9 Å².